The third kappa shape index (κ3) is 1.84. The number of benzene rings is 1. The summed E-state index contributed by atoms with van der Waals surface area (Å²) >= 11 is 0. The number of anilines is 1. The minimum atomic E-state index is 0.219. The molecule has 0 aromatic heterocycles. The smallest absolute Gasteiger partial charge is 0.231 e. The molecule has 0 aliphatic carbocycles. The molecular weight excluding hydrogens is 212 g/mol. The fourth-order valence-corrected chi connectivity index (χ4v) is 2.93. The van der Waals surface area contributed by atoms with Crippen molar-refractivity contribution in [1.82, 2.24) is 5.32 Å². The van der Waals surface area contributed by atoms with E-state index in [0.717, 1.165) is 31.1 Å². The van der Waals surface area contributed by atoms with E-state index >= 15 is 0 Å². The molecule has 3 heteroatoms. The van der Waals surface area contributed by atoms with Crippen LogP contribution in [0, 0.1) is 5.92 Å². The van der Waals surface area contributed by atoms with Crippen molar-refractivity contribution < 1.29 is 4.79 Å². The van der Waals surface area contributed by atoms with Gasteiger partial charge < -0.3 is 10.2 Å². The van der Waals surface area contributed by atoms with Crippen molar-refractivity contribution >= 4 is 11.6 Å². The molecule has 90 valence electrons. The van der Waals surface area contributed by atoms with Gasteiger partial charge in [0.1, 0.15) is 0 Å². The summed E-state index contributed by atoms with van der Waals surface area (Å²) in [6, 6.07) is 6.31. The minimum Gasteiger partial charge on any atom is -0.316 e. The highest BCUT2D eigenvalue weighted by atomic mass is 16.2. The summed E-state index contributed by atoms with van der Waals surface area (Å²) in [6.45, 7) is 2.26. The number of hydrogen-bond donors (Lipinski definition) is 1. The van der Waals surface area contributed by atoms with Crippen molar-refractivity contribution in [2.45, 2.75) is 19.3 Å². The van der Waals surface area contributed by atoms with Crippen LogP contribution in [0.1, 0.15) is 17.5 Å². The van der Waals surface area contributed by atoms with E-state index in [4.69, 9.17) is 0 Å². The summed E-state index contributed by atoms with van der Waals surface area (Å²) in [5.74, 6) is 0.958. The average Bonchev–Trinajstić information content (AvgIpc) is 2.91. The molecule has 0 saturated carbocycles. The lowest BCUT2D eigenvalue weighted by atomic mass is 9.94. The Morgan fingerprint density at radius 3 is 3.12 bits per heavy atom. The van der Waals surface area contributed by atoms with E-state index in [2.05, 4.69) is 23.5 Å². The summed E-state index contributed by atoms with van der Waals surface area (Å²) in [6.07, 6.45) is 2.95. The maximum atomic E-state index is 11.7. The second kappa shape index (κ2) is 4.15. The molecule has 0 bridgehead atoms. The number of amides is 1. The van der Waals surface area contributed by atoms with Gasteiger partial charge in [0.25, 0.3) is 0 Å². The third-order valence-corrected chi connectivity index (χ3v) is 3.98. The molecule has 1 aromatic carbocycles. The van der Waals surface area contributed by atoms with Crippen LogP contribution in [0.4, 0.5) is 5.69 Å². The standard InChI is InChI=1S/C14H18N2O/c1-16-13-4-2-3-11(12(13)8-14(16)17)7-10-5-6-15-9-10/h2-4,10,15H,5-9H2,1H3. The van der Waals surface area contributed by atoms with Crippen molar-refractivity contribution in [3.63, 3.8) is 0 Å². The Morgan fingerprint density at radius 1 is 1.47 bits per heavy atom. The Bertz CT molecular complexity index is 450. The van der Waals surface area contributed by atoms with Crippen LogP contribution in [0.2, 0.25) is 0 Å². The topological polar surface area (TPSA) is 32.3 Å². The van der Waals surface area contributed by atoms with Crippen LogP contribution < -0.4 is 10.2 Å². The molecule has 2 heterocycles. The molecule has 17 heavy (non-hydrogen) atoms. The zero-order chi connectivity index (χ0) is 11.8. The molecule has 3 nitrogen and oxygen atoms in total. The second-order valence-electron chi connectivity index (χ2n) is 5.11. The Morgan fingerprint density at radius 2 is 2.35 bits per heavy atom. The third-order valence-electron chi connectivity index (χ3n) is 3.98. The molecule has 1 atom stereocenters. The van der Waals surface area contributed by atoms with E-state index in [1.165, 1.54) is 17.5 Å². The molecule has 1 fully saturated rings. The van der Waals surface area contributed by atoms with Crippen molar-refractivity contribution in [2.24, 2.45) is 5.92 Å². The highest BCUT2D eigenvalue weighted by Crippen LogP contribution is 2.32. The Balaban J connectivity index is 1.88. The molecule has 1 N–H and O–H groups in total. The van der Waals surface area contributed by atoms with Gasteiger partial charge in [0, 0.05) is 12.7 Å². The first-order valence-electron chi connectivity index (χ1n) is 6.34. The van der Waals surface area contributed by atoms with Gasteiger partial charge >= 0.3 is 0 Å². The predicted molar refractivity (Wildman–Crippen MR) is 68.2 cm³/mol. The summed E-state index contributed by atoms with van der Waals surface area (Å²) in [4.78, 5) is 13.5. The van der Waals surface area contributed by atoms with Gasteiger partial charge in [0.15, 0.2) is 0 Å². The van der Waals surface area contributed by atoms with E-state index in [0.29, 0.717) is 6.42 Å². The van der Waals surface area contributed by atoms with Crippen molar-refractivity contribution in [2.75, 3.05) is 25.0 Å². The van der Waals surface area contributed by atoms with Crippen LogP contribution in [0.3, 0.4) is 0 Å². The monoisotopic (exact) mass is 230 g/mol. The van der Waals surface area contributed by atoms with Crippen LogP contribution in [0.5, 0.6) is 0 Å². The van der Waals surface area contributed by atoms with E-state index in [-0.39, 0.29) is 5.91 Å². The first-order valence-corrected chi connectivity index (χ1v) is 6.34. The number of hydrogen-bond acceptors (Lipinski definition) is 2. The molecule has 1 amide bonds. The Labute approximate surface area is 102 Å². The summed E-state index contributed by atoms with van der Waals surface area (Å²) < 4.78 is 0. The quantitative estimate of drug-likeness (QED) is 0.832. The van der Waals surface area contributed by atoms with E-state index in [1.54, 1.807) is 4.90 Å². The predicted octanol–water partition coefficient (Wildman–Crippen LogP) is 1.36. The average molecular weight is 230 g/mol. The van der Waals surface area contributed by atoms with E-state index < -0.39 is 0 Å². The maximum absolute atomic E-state index is 11.7. The SMILES string of the molecule is CN1C(=O)Cc2c(CC3CCNC3)cccc21. The van der Waals surface area contributed by atoms with Gasteiger partial charge in [-0.25, -0.2) is 0 Å². The van der Waals surface area contributed by atoms with Crippen molar-refractivity contribution in [3.8, 4) is 0 Å². The number of carbonyl (C=O) groups is 1. The molecule has 2 aliphatic rings. The van der Waals surface area contributed by atoms with Crippen LogP contribution in [-0.2, 0) is 17.6 Å². The lowest BCUT2D eigenvalue weighted by Crippen LogP contribution is -2.20. The number of fused-ring (bicyclic) bond motifs is 1. The van der Waals surface area contributed by atoms with Gasteiger partial charge in [0.2, 0.25) is 5.91 Å². The molecule has 0 radical (unpaired) electrons. The molecule has 2 aliphatic heterocycles. The van der Waals surface area contributed by atoms with Gasteiger partial charge in [-0.05, 0) is 49.0 Å². The first-order chi connectivity index (χ1) is 8.25. The summed E-state index contributed by atoms with van der Waals surface area (Å²) in [5.41, 5.74) is 3.74. The number of nitrogens with zero attached hydrogens (tertiary/aromatic N) is 1. The molecule has 3 rings (SSSR count). The van der Waals surface area contributed by atoms with Crippen LogP contribution in [0.15, 0.2) is 18.2 Å². The van der Waals surface area contributed by atoms with Crippen LogP contribution in [0.25, 0.3) is 0 Å². The van der Waals surface area contributed by atoms with Crippen molar-refractivity contribution in [1.29, 1.82) is 0 Å². The number of likely N-dealkylation sites (N-methyl/N-ethyl adjacent to an activating group) is 1. The Kier molecular flexibility index (Phi) is 2.63. The zero-order valence-corrected chi connectivity index (χ0v) is 10.2. The second-order valence-corrected chi connectivity index (χ2v) is 5.11. The number of nitrogens with one attached hydrogen (secondary N) is 1. The zero-order valence-electron chi connectivity index (χ0n) is 10.2. The highest BCUT2D eigenvalue weighted by molar-refractivity contribution is 6.01. The number of carbonyl (C=O) groups excluding carboxylic acids is 1. The highest BCUT2D eigenvalue weighted by Gasteiger charge is 2.27. The summed E-state index contributed by atoms with van der Waals surface area (Å²) in [7, 11) is 1.87. The van der Waals surface area contributed by atoms with E-state index in [1.807, 2.05) is 7.05 Å². The van der Waals surface area contributed by atoms with Gasteiger partial charge in [-0.2, -0.15) is 0 Å². The summed E-state index contributed by atoms with van der Waals surface area (Å²) in [5, 5.41) is 3.40. The molecule has 0 spiro atoms. The van der Waals surface area contributed by atoms with Gasteiger partial charge in [-0.1, -0.05) is 12.1 Å². The molecule has 1 saturated heterocycles. The lowest BCUT2D eigenvalue weighted by Gasteiger charge is -2.13. The Hall–Kier alpha value is -1.35. The van der Waals surface area contributed by atoms with Crippen molar-refractivity contribution in [3.05, 3.63) is 29.3 Å². The van der Waals surface area contributed by atoms with Gasteiger partial charge in [0.05, 0.1) is 6.42 Å². The molecule has 1 aromatic rings. The first kappa shape index (κ1) is 10.8. The molecular formula is C14H18N2O. The maximum Gasteiger partial charge on any atom is 0.231 e. The fraction of sp³-hybridized carbons (Fsp3) is 0.500. The molecule has 1 unspecified atom stereocenters. The fourth-order valence-electron chi connectivity index (χ4n) is 2.93. The minimum absolute atomic E-state index is 0.219. The normalized spacial score (nSPS) is 23.2. The largest absolute Gasteiger partial charge is 0.316 e. The van der Waals surface area contributed by atoms with E-state index in [9.17, 15) is 4.79 Å². The van der Waals surface area contributed by atoms with Gasteiger partial charge in [-0.15, -0.1) is 0 Å². The lowest BCUT2D eigenvalue weighted by molar-refractivity contribution is -0.117. The van der Waals surface area contributed by atoms with Crippen LogP contribution in [-0.4, -0.2) is 26.0 Å². The van der Waals surface area contributed by atoms with Crippen LogP contribution >= 0.6 is 0 Å². The number of rotatable bonds is 2. The van der Waals surface area contributed by atoms with Gasteiger partial charge in [-0.3, -0.25) is 4.79 Å².